The zero-order valence-electron chi connectivity index (χ0n) is 26.7. The Balaban J connectivity index is 2.04. The maximum Gasteiger partial charge on any atom is 0.359 e. The Labute approximate surface area is 267 Å². The molecular weight excluding hydrogens is 623 g/mol. The molecule has 1 aromatic heterocycles. The van der Waals surface area contributed by atoms with Gasteiger partial charge in [-0.3, -0.25) is 45.0 Å². The largest absolute Gasteiger partial charge is 0.379 e. The minimum Gasteiger partial charge on any atom is -0.379 e. The molecule has 3 atom stereocenters. The number of carbonyl (C=O) groups excluding carboxylic acids is 2. The molecule has 0 radical (unpaired) electrons. The lowest BCUT2D eigenvalue weighted by atomic mass is 9.84. The highest BCUT2D eigenvalue weighted by atomic mass is 31.2. The lowest BCUT2D eigenvalue weighted by Crippen LogP contribution is -2.54. The zero-order valence-corrected chi connectivity index (χ0v) is 27.6. The van der Waals surface area contributed by atoms with Gasteiger partial charge >= 0.3 is 7.60 Å². The third-order valence-electron chi connectivity index (χ3n) is 7.91. The molecule has 0 spiro atoms. The van der Waals surface area contributed by atoms with Crippen molar-refractivity contribution in [3.05, 3.63) is 56.6 Å². The van der Waals surface area contributed by atoms with Crippen molar-refractivity contribution in [3.8, 4) is 5.69 Å². The van der Waals surface area contributed by atoms with E-state index >= 15 is 0 Å². The number of aliphatic hydroxyl groups is 1. The lowest BCUT2D eigenvalue weighted by molar-refractivity contribution is -0.394. The Bertz CT molecular complexity index is 1410. The topological polar surface area (TPSA) is 218 Å². The second kappa shape index (κ2) is 15.8. The van der Waals surface area contributed by atoms with Gasteiger partial charge in [0, 0.05) is 57.1 Å². The van der Waals surface area contributed by atoms with Crippen molar-refractivity contribution in [2.24, 2.45) is 11.3 Å². The predicted octanol–water partition coefficient (Wildman–Crippen LogP) is 4.41. The molecule has 2 aromatic rings. The van der Waals surface area contributed by atoms with Gasteiger partial charge in [-0.2, -0.15) is 0 Å². The van der Waals surface area contributed by atoms with E-state index in [0.717, 1.165) is 64.5 Å². The van der Waals surface area contributed by atoms with Crippen LogP contribution < -0.4 is 10.6 Å². The van der Waals surface area contributed by atoms with E-state index in [4.69, 9.17) is 9.05 Å². The van der Waals surface area contributed by atoms with E-state index in [0.29, 0.717) is 12.1 Å². The van der Waals surface area contributed by atoms with Gasteiger partial charge in [0.25, 0.3) is 11.4 Å². The number of hydrogen-bond acceptors (Lipinski definition) is 12. The minimum atomic E-state index is -4.05. The second-order valence-corrected chi connectivity index (χ2v) is 15.1. The Morgan fingerprint density at radius 1 is 1.09 bits per heavy atom. The van der Waals surface area contributed by atoms with Crippen molar-refractivity contribution in [2.75, 3.05) is 14.2 Å². The van der Waals surface area contributed by atoms with Crippen molar-refractivity contribution in [2.45, 2.75) is 90.1 Å². The fourth-order valence-corrected chi connectivity index (χ4v) is 6.88. The van der Waals surface area contributed by atoms with Crippen LogP contribution in [-0.4, -0.2) is 68.5 Å². The number of imidazole rings is 1. The van der Waals surface area contributed by atoms with Gasteiger partial charge in [-0.25, -0.2) is 4.98 Å². The number of hydrogen-bond donors (Lipinski definition) is 3. The average Bonchev–Trinajstić information content (AvgIpc) is 3.47. The van der Waals surface area contributed by atoms with Crippen LogP contribution in [0.25, 0.3) is 5.69 Å². The maximum atomic E-state index is 13.7. The monoisotopic (exact) mass is 666 g/mol. The van der Waals surface area contributed by atoms with Crippen molar-refractivity contribution < 1.29 is 38.2 Å². The number of aromatic nitrogens is 2. The Kier molecular flexibility index (Phi) is 12.7. The Morgan fingerprint density at radius 2 is 1.67 bits per heavy atom. The number of nitrogens with zero attached hydrogens (tertiary/aromatic N) is 4. The van der Waals surface area contributed by atoms with Crippen molar-refractivity contribution in [3.63, 3.8) is 0 Å². The molecule has 1 heterocycles. The molecule has 0 aliphatic heterocycles. The number of carbonyl (C=O) groups is 2. The van der Waals surface area contributed by atoms with Gasteiger partial charge in [0.2, 0.25) is 11.8 Å². The van der Waals surface area contributed by atoms with Crippen LogP contribution in [0.1, 0.15) is 71.4 Å². The van der Waals surface area contributed by atoms with Crippen LogP contribution in [0, 0.1) is 31.6 Å². The molecule has 1 fully saturated rings. The molecule has 46 heavy (non-hydrogen) atoms. The SMILES string of the molecule is COP(=O)(OC)C(O)[C@H](CC1CCCCC1)N[C@@H](Cc1cncn1-c1cc([N+](=O)[O-])cc([N+](=O)[O-])c1)C(=O)NC(=O)CC(C)(C)C. The predicted molar refractivity (Wildman–Crippen MR) is 167 cm³/mol. The highest BCUT2D eigenvalue weighted by Gasteiger charge is 2.41. The molecule has 3 N–H and O–H groups in total. The summed E-state index contributed by atoms with van der Waals surface area (Å²) in [7, 11) is -1.75. The van der Waals surface area contributed by atoms with Crippen LogP contribution >= 0.6 is 7.60 Å². The molecule has 254 valence electrons. The highest BCUT2D eigenvalue weighted by Crippen LogP contribution is 2.52. The summed E-state index contributed by atoms with van der Waals surface area (Å²) in [5, 5.41) is 39.9. The molecule has 17 heteroatoms. The van der Waals surface area contributed by atoms with Gasteiger partial charge in [-0.05, 0) is 17.8 Å². The van der Waals surface area contributed by atoms with Gasteiger partial charge in [0.15, 0.2) is 5.85 Å². The van der Waals surface area contributed by atoms with Gasteiger partial charge in [0.05, 0.1) is 34.0 Å². The van der Waals surface area contributed by atoms with E-state index in [-0.39, 0.29) is 24.4 Å². The van der Waals surface area contributed by atoms with Crippen LogP contribution in [0.3, 0.4) is 0 Å². The molecule has 1 unspecified atom stereocenters. The first kappa shape index (κ1) is 36.9. The van der Waals surface area contributed by atoms with Crippen LogP contribution in [0.5, 0.6) is 0 Å². The van der Waals surface area contributed by atoms with Gasteiger partial charge in [0.1, 0.15) is 0 Å². The van der Waals surface area contributed by atoms with Crippen molar-refractivity contribution in [1.82, 2.24) is 20.2 Å². The number of imide groups is 1. The Hall–Kier alpha value is -3.56. The molecule has 1 aliphatic rings. The van der Waals surface area contributed by atoms with E-state index in [1.807, 2.05) is 20.8 Å². The molecule has 1 saturated carbocycles. The normalized spacial score (nSPS) is 16.4. The van der Waals surface area contributed by atoms with Crippen molar-refractivity contribution in [1.29, 1.82) is 0 Å². The summed E-state index contributed by atoms with van der Waals surface area (Å²) in [5.41, 5.74) is -1.10. The summed E-state index contributed by atoms with van der Waals surface area (Å²) >= 11 is 0. The number of aliphatic hydroxyl groups excluding tert-OH is 1. The summed E-state index contributed by atoms with van der Waals surface area (Å²) < 4.78 is 24.9. The number of rotatable bonds is 15. The summed E-state index contributed by atoms with van der Waals surface area (Å²) in [6.07, 6.45) is 7.64. The standard InChI is InChI=1S/C29H43N6O10P/c1-29(2,3)16-26(36)32-27(37)24(31-25(11-19-9-7-6-8-10-19)28(38)46(43,44-4)45-5)15-23-17-30-18-33(23)20-12-21(34(39)40)14-22(13-20)35(41)42/h12-14,17-19,24-25,28,31,38H,6-11,15-16H2,1-5H3,(H,32,36,37)/t24-,25-,28?/m0/s1. The summed E-state index contributed by atoms with van der Waals surface area (Å²) in [4.78, 5) is 52.2. The molecule has 1 aromatic carbocycles. The minimum absolute atomic E-state index is 0.0391. The number of benzene rings is 1. The van der Waals surface area contributed by atoms with Crippen LogP contribution in [0.15, 0.2) is 30.7 Å². The zero-order chi connectivity index (χ0) is 34.2. The summed E-state index contributed by atoms with van der Waals surface area (Å²) in [5.74, 6) is -2.80. The van der Waals surface area contributed by atoms with Gasteiger partial charge in [-0.1, -0.05) is 52.9 Å². The lowest BCUT2D eigenvalue weighted by Gasteiger charge is -2.34. The quantitative estimate of drug-likeness (QED) is 0.137. The first-order valence-electron chi connectivity index (χ1n) is 15.0. The second-order valence-electron chi connectivity index (χ2n) is 12.7. The highest BCUT2D eigenvalue weighted by molar-refractivity contribution is 7.54. The number of nitro groups is 2. The maximum absolute atomic E-state index is 13.7. The number of non-ortho nitro benzene ring substituents is 2. The van der Waals surface area contributed by atoms with Crippen molar-refractivity contribution >= 4 is 30.8 Å². The first-order valence-corrected chi connectivity index (χ1v) is 16.6. The van der Waals surface area contributed by atoms with Gasteiger partial charge < -0.3 is 18.7 Å². The van der Waals surface area contributed by atoms with E-state index in [1.54, 1.807) is 0 Å². The number of amides is 2. The first-order chi connectivity index (χ1) is 21.6. The molecule has 3 rings (SSSR count). The summed E-state index contributed by atoms with van der Waals surface area (Å²) in [6, 6.07) is 0.906. The Morgan fingerprint density at radius 3 is 2.20 bits per heavy atom. The van der Waals surface area contributed by atoms with E-state index < -0.39 is 64.0 Å². The molecule has 2 amide bonds. The average molecular weight is 667 g/mol. The molecule has 16 nitrogen and oxygen atoms in total. The van der Waals surface area contributed by atoms with Crippen LogP contribution in [0.4, 0.5) is 11.4 Å². The van der Waals surface area contributed by atoms with Crippen LogP contribution in [-0.2, 0) is 29.6 Å². The van der Waals surface area contributed by atoms with Crippen LogP contribution in [0.2, 0.25) is 0 Å². The number of nitrogens with one attached hydrogen (secondary N) is 2. The van der Waals surface area contributed by atoms with E-state index in [9.17, 15) is 39.5 Å². The summed E-state index contributed by atoms with van der Waals surface area (Å²) in [6.45, 7) is 5.52. The molecular formula is C29H43N6O10P. The fourth-order valence-electron chi connectivity index (χ4n) is 5.65. The molecule has 1 aliphatic carbocycles. The smallest absolute Gasteiger partial charge is 0.359 e. The third kappa shape index (κ3) is 9.97. The molecule has 0 bridgehead atoms. The number of nitro benzene ring substituents is 2. The molecule has 0 saturated heterocycles. The van der Waals surface area contributed by atoms with E-state index in [2.05, 4.69) is 15.6 Å². The van der Waals surface area contributed by atoms with Gasteiger partial charge in [-0.15, -0.1) is 0 Å². The van der Waals surface area contributed by atoms with E-state index in [1.165, 1.54) is 17.1 Å². The fraction of sp³-hybridized carbons (Fsp3) is 0.621. The third-order valence-corrected chi connectivity index (χ3v) is 9.93.